The number of esters is 1. The minimum absolute atomic E-state index is 0.00534. The van der Waals surface area contributed by atoms with Gasteiger partial charge in [0.25, 0.3) is 5.91 Å². The molecule has 2 aromatic rings. The molecule has 0 unspecified atom stereocenters. The van der Waals surface area contributed by atoms with E-state index < -0.39 is 24.4 Å². The third kappa shape index (κ3) is 8.68. The zero-order valence-corrected chi connectivity index (χ0v) is 19.0. The number of amides is 2. The van der Waals surface area contributed by atoms with Crippen molar-refractivity contribution in [2.75, 3.05) is 31.3 Å². The Hall–Kier alpha value is -3.81. The summed E-state index contributed by atoms with van der Waals surface area (Å²) in [5.41, 5.74) is 6.52. The van der Waals surface area contributed by atoms with Crippen LogP contribution in [0.25, 0.3) is 6.08 Å². The van der Waals surface area contributed by atoms with Crippen molar-refractivity contribution in [3.05, 3.63) is 60.2 Å². The fourth-order valence-electron chi connectivity index (χ4n) is 2.88. The molecule has 0 spiro atoms. The van der Waals surface area contributed by atoms with Crippen LogP contribution in [0, 0.1) is 0 Å². The van der Waals surface area contributed by atoms with Crippen LogP contribution in [0.2, 0.25) is 0 Å². The molecule has 0 atom stereocenters. The first-order valence-electron chi connectivity index (χ1n) is 10.8. The fourth-order valence-corrected chi connectivity index (χ4v) is 2.88. The Morgan fingerprint density at radius 1 is 1.00 bits per heavy atom. The van der Waals surface area contributed by atoms with Crippen molar-refractivity contribution in [1.82, 2.24) is 0 Å². The van der Waals surface area contributed by atoms with Crippen LogP contribution in [0.4, 0.5) is 5.69 Å². The van der Waals surface area contributed by atoms with Crippen molar-refractivity contribution >= 4 is 29.5 Å². The van der Waals surface area contributed by atoms with Crippen LogP contribution in [0.1, 0.15) is 32.3 Å². The second-order valence-electron chi connectivity index (χ2n) is 7.03. The molecular weight excluding hydrogens is 424 g/mol. The number of rotatable bonds is 13. The Kier molecular flexibility index (Phi) is 10.5. The number of carbonyl (C=O) groups is 3. The van der Waals surface area contributed by atoms with E-state index in [0.29, 0.717) is 30.4 Å². The highest BCUT2D eigenvalue weighted by Gasteiger charge is 2.17. The Labute approximate surface area is 193 Å². The first-order valence-corrected chi connectivity index (χ1v) is 10.8. The maximum Gasteiger partial charge on any atom is 0.331 e. The van der Waals surface area contributed by atoms with Crippen LogP contribution in [-0.2, 0) is 19.1 Å². The molecule has 0 aliphatic rings. The van der Waals surface area contributed by atoms with E-state index in [2.05, 4.69) is 0 Å². The average Bonchev–Trinajstić information content (AvgIpc) is 2.81. The molecule has 8 heteroatoms. The third-order valence-corrected chi connectivity index (χ3v) is 4.43. The molecule has 33 heavy (non-hydrogen) atoms. The van der Waals surface area contributed by atoms with Gasteiger partial charge in [-0.3, -0.25) is 9.59 Å². The van der Waals surface area contributed by atoms with Gasteiger partial charge in [-0.15, -0.1) is 0 Å². The number of nitrogens with two attached hydrogens (primary N) is 1. The van der Waals surface area contributed by atoms with E-state index in [1.807, 2.05) is 19.9 Å². The summed E-state index contributed by atoms with van der Waals surface area (Å²) in [5.74, 6) is -0.428. The van der Waals surface area contributed by atoms with Crippen LogP contribution in [0.3, 0.4) is 0 Å². The van der Waals surface area contributed by atoms with Gasteiger partial charge in [0.1, 0.15) is 0 Å². The predicted molar refractivity (Wildman–Crippen MR) is 126 cm³/mol. The van der Waals surface area contributed by atoms with E-state index in [4.69, 9.17) is 19.9 Å². The summed E-state index contributed by atoms with van der Waals surface area (Å²) >= 11 is 0. The van der Waals surface area contributed by atoms with E-state index in [0.717, 1.165) is 12.0 Å². The zero-order chi connectivity index (χ0) is 24.1. The van der Waals surface area contributed by atoms with Crippen LogP contribution >= 0.6 is 0 Å². The fraction of sp³-hybridized carbons (Fsp3) is 0.320. The first kappa shape index (κ1) is 25.5. The molecule has 176 valence electrons. The molecule has 0 aliphatic heterocycles. The number of primary amides is 1. The Morgan fingerprint density at radius 3 is 2.42 bits per heavy atom. The third-order valence-electron chi connectivity index (χ3n) is 4.43. The van der Waals surface area contributed by atoms with E-state index in [1.54, 1.807) is 48.5 Å². The molecule has 2 rings (SSSR count). The van der Waals surface area contributed by atoms with Gasteiger partial charge < -0.3 is 24.8 Å². The van der Waals surface area contributed by atoms with Crippen LogP contribution < -0.4 is 20.1 Å². The smallest absolute Gasteiger partial charge is 0.331 e. The van der Waals surface area contributed by atoms with Gasteiger partial charge in [0, 0.05) is 24.7 Å². The largest absolute Gasteiger partial charge is 0.490 e. The maximum absolute atomic E-state index is 12.6. The van der Waals surface area contributed by atoms with Crippen molar-refractivity contribution in [3.63, 3.8) is 0 Å². The SMILES string of the molecule is CCCOc1ccc(/C=C/C(=O)OCC(=O)N(CCC(N)=O)c2ccccc2)cc1OCC. The molecule has 0 saturated heterocycles. The summed E-state index contributed by atoms with van der Waals surface area (Å²) < 4.78 is 16.4. The van der Waals surface area contributed by atoms with Crippen molar-refractivity contribution in [2.45, 2.75) is 26.7 Å². The van der Waals surface area contributed by atoms with Gasteiger partial charge in [-0.05, 0) is 49.2 Å². The molecular formula is C25H30N2O6. The molecule has 2 amide bonds. The van der Waals surface area contributed by atoms with Gasteiger partial charge in [-0.1, -0.05) is 31.2 Å². The number of para-hydroxylation sites is 1. The summed E-state index contributed by atoms with van der Waals surface area (Å²) in [6.45, 7) is 4.58. The lowest BCUT2D eigenvalue weighted by Crippen LogP contribution is -2.37. The molecule has 0 bridgehead atoms. The van der Waals surface area contributed by atoms with Gasteiger partial charge in [0.15, 0.2) is 18.1 Å². The Balaban J connectivity index is 1.99. The molecule has 0 aliphatic carbocycles. The molecule has 0 fully saturated rings. The Bertz CT molecular complexity index is 959. The highest BCUT2D eigenvalue weighted by atomic mass is 16.5. The minimum Gasteiger partial charge on any atom is -0.490 e. The topological polar surface area (TPSA) is 108 Å². The minimum atomic E-state index is -0.671. The lowest BCUT2D eigenvalue weighted by Gasteiger charge is -2.22. The lowest BCUT2D eigenvalue weighted by atomic mass is 10.2. The molecule has 0 aromatic heterocycles. The molecule has 0 saturated carbocycles. The first-order chi connectivity index (χ1) is 15.9. The zero-order valence-electron chi connectivity index (χ0n) is 19.0. The molecule has 0 heterocycles. The van der Waals surface area contributed by atoms with Gasteiger partial charge in [0.2, 0.25) is 5.91 Å². The van der Waals surface area contributed by atoms with Crippen LogP contribution in [-0.4, -0.2) is 44.1 Å². The van der Waals surface area contributed by atoms with Gasteiger partial charge in [-0.25, -0.2) is 4.79 Å². The number of hydrogen-bond donors (Lipinski definition) is 1. The molecule has 8 nitrogen and oxygen atoms in total. The quantitative estimate of drug-likeness (QED) is 0.367. The highest BCUT2D eigenvalue weighted by Crippen LogP contribution is 2.29. The van der Waals surface area contributed by atoms with E-state index >= 15 is 0 Å². The number of anilines is 1. The summed E-state index contributed by atoms with van der Waals surface area (Å²) in [4.78, 5) is 37.3. The normalized spacial score (nSPS) is 10.6. The van der Waals surface area contributed by atoms with E-state index in [-0.39, 0.29) is 13.0 Å². The van der Waals surface area contributed by atoms with E-state index in [9.17, 15) is 14.4 Å². The van der Waals surface area contributed by atoms with Crippen LogP contribution in [0.5, 0.6) is 11.5 Å². The standard InChI is InChI=1S/C25H30N2O6/c1-3-16-32-21-12-10-19(17-22(21)31-4-2)11-13-25(30)33-18-24(29)27(15-14-23(26)28)20-8-6-5-7-9-20/h5-13,17H,3-4,14-16,18H2,1-2H3,(H2,26,28)/b13-11+. The lowest BCUT2D eigenvalue weighted by molar-refractivity contribution is -0.143. The number of benzene rings is 2. The number of hydrogen-bond acceptors (Lipinski definition) is 6. The number of ether oxygens (including phenoxy) is 3. The second kappa shape index (κ2) is 13.6. The monoisotopic (exact) mass is 454 g/mol. The van der Waals surface area contributed by atoms with Crippen LogP contribution in [0.15, 0.2) is 54.6 Å². The van der Waals surface area contributed by atoms with E-state index in [1.165, 1.54) is 11.0 Å². The average molecular weight is 455 g/mol. The van der Waals surface area contributed by atoms with Gasteiger partial charge in [-0.2, -0.15) is 0 Å². The molecule has 2 aromatic carbocycles. The van der Waals surface area contributed by atoms with Crippen molar-refractivity contribution in [3.8, 4) is 11.5 Å². The Morgan fingerprint density at radius 2 is 1.76 bits per heavy atom. The predicted octanol–water partition coefficient (Wildman–Crippen LogP) is 3.34. The van der Waals surface area contributed by atoms with Crippen molar-refractivity contribution in [2.24, 2.45) is 5.73 Å². The summed E-state index contributed by atoms with van der Waals surface area (Å²) in [6, 6.07) is 14.1. The highest BCUT2D eigenvalue weighted by molar-refractivity contribution is 5.97. The van der Waals surface area contributed by atoms with Gasteiger partial charge >= 0.3 is 5.97 Å². The second-order valence-corrected chi connectivity index (χ2v) is 7.03. The number of nitrogens with zero attached hydrogens (tertiary/aromatic N) is 1. The molecule has 2 N–H and O–H groups in total. The summed E-state index contributed by atoms with van der Waals surface area (Å²) in [6.07, 6.45) is 3.68. The molecule has 0 radical (unpaired) electrons. The number of carbonyl (C=O) groups excluding carboxylic acids is 3. The van der Waals surface area contributed by atoms with Crippen molar-refractivity contribution < 1.29 is 28.6 Å². The maximum atomic E-state index is 12.6. The summed E-state index contributed by atoms with van der Waals surface area (Å²) in [5, 5.41) is 0. The van der Waals surface area contributed by atoms with Gasteiger partial charge in [0.05, 0.1) is 13.2 Å². The summed E-state index contributed by atoms with van der Waals surface area (Å²) in [7, 11) is 0. The van der Waals surface area contributed by atoms with Crippen molar-refractivity contribution in [1.29, 1.82) is 0 Å².